The summed E-state index contributed by atoms with van der Waals surface area (Å²) in [6, 6.07) is 23.3. The lowest BCUT2D eigenvalue weighted by Crippen LogP contribution is -1.99. The van der Waals surface area contributed by atoms with Crippen molar-refractivity contribution in [3.63, 3.8) is 0 Å². The Kier molecular flexibility index (Phi) is 2.99. The first kappa shape index (κ1) is 11.5. The molecule has 0 atom stereocenters. The first-order valence-electron chi connectivity index (χ1n) is 6.19. The molecule has 92 valence electrons. The molecule has 3 aromatic rings. The van der Waals surface area contributed by atoms with Crippen molar-refractivity contribution in [3.8, 4) is 0 Å². The third-order valence-corrected chi connectivity index (χ3v) is 3.07. The number of nitrogens with zero attached hydrogens (tertiary/aromatic N) is 1. The Morgan fingerprint density at radius 1 is 0.737 bits per heavy atom. The highest BCUT2D eigenvalue weighted by Gasteiger charge is 2.07. The zero-order valence-electron chi connectivity index (χ0n) is 10.4. The van der Waals surface area contributed by atoms with Gasteiger partial charge in [0.05, 0.1) is 5.39 Å². The lowest BCUT2D eigenvalue weighted by molar-refractivity contribution is -0.352. The van der Waals surface area contributed by atoms with Gasteiger partial charge in [0.15, 0.2) is 6.21 Å². The molecule has 0 unspecified atom stereocenters. The van der Waals surface area contributed by atoms with Gasteiger partial charge in [-0.3, -0.25) is 0 Å². The summed E-state index contributed by atoms with van der Waals surface area (Å²) >= 11 is 0. The van der Waals surface area contributed by atoms with Gasteiger partial charge in [0, 0.05) is 11.6 Å². The average Bonchev–Trinajstić information content (AvgIpc) is 2.47. The maximum Gasteiger partial charge on any atom is 0.224 e. The van der Waals surface area contributed by atoms with E-state index in [-0.39, 0.29) is 0 Å². The normalized spacial score (nSPS) is 11.7. The zero-order chi connectivity index (χ0) is 13.1. The predicted molar refractivity (Wildman–Crippen MR) is 78.8 cm³/mol. The Balaban J connectivity index is 2.12. The van der Waals surface area contributed by atoms with Crippen molar-refractivity contribution in [3.05, 3.63) is 83.6 Å². The van der Waals surface area contributed by atoms with Crippen molar-refractivity contribution in [2.24, 2.45) is 0 Å². The van der Waals surface area contributed by atoms with Gasteiger partial charge in [0.1, 0.15) is 0 Å². The van der Waals surface area contributed by atoms with E-state index in [2.05, 4.69) is 0 Å². The van der Waals surface area contributed by atoms with Crippen LogP contribution in [-0.4, -0.2) is 11.0 Å². The van der Waals surface area contributed by atoms with Crippen LogP contribution < -0.4 is 0 Å². The molecule has 0 fully saturated rings. The van der Waals surface area contributed by atoms with Crippen molar-refractivity contribution in [1.82, 2.24) is 0 Å². The van der Waals surface area contributed by atoms with Crippen molar-refractivity contribution in [2.45, 2.75) is 0 Å². The van der Waals surface area contributed by atoms with Crippen molar-refractivity contribution in [1.29, 1.82) is 0 Å². The van der Waals surface area contributed by atoms with Gasteiger partial charge in [0.25, 0.3) is 0 Å². The van der Waals surface area contributed by atoms with Gasteiger partial charge in [0.2, 0.25) is 5.69 Å². The van der Waals surface area contributed by atoms with Gasteiger partial charge in [-0.1, -0.05) is 48.5 Å². The fraction of sp³-hybridized carbons (Fsp3) is 0. The summed E-state index contributed by atoms with van der Waals surface area (Å²) in [5, 5.41) is 14.3. The van der Waals surface area contributed by atoms with E-state index in [0.29, 0.717) is 5.69 Å². The fourth-order valence-corrected chi connectivity index (χ4v) is 2.14. The second kappa shape index (κ2) is 4.94. The minimum atomic E-state index is 0.668. The Labute approximate surface area is 111 Å². The molecule has 0 saturated carbocycles. The van der Waals surface area contributed by atoms with Crippen LogP contribution in [-0.2, 0) is 0 Å². The minimum absolute atomic E-state index is 0.668. The first-order chi connectivity index (χ1) is 9.34. The number of fused-ring (bicyclic) bond motifs is 1. The van der Waals surface area contributed by atoms with E-state index in [4.69, 9.17) is 0 Å². The average molecular weight is 247 g/mol. The molecule has 0 bridgehead atoms. The highest BCUT2D eigenvalue weighted by molar-refractivity contribution is 5.91. The van der Waals surface area contributed by atoms with Crippen LogP contribution in [0.4, 0.5) is 5.69 Å². The molecular formula is C17H13NO. The van der Waals surface area contributed by atoms with E-state index in [9.17, 15) is 5.21 Å². The smallest absolute Gasteiger partial charge is 0.224 e. The molecule has 0 N–H and O–H groups in total. The van der Waals surface area contributed by atoms with Gasteiger partial charge in [-0.2, -0.15) is 4.74 Å². The third kappa shape index (κ3) is 2.33. The van der Waals surface area contributed by atoms with Crippen molar-refractivity contribution >= 4 is 22.7 Å². The molecule has 19 heavy (non-hydrogen) atoms. The summed E-state index contributed by atoms with van der Waals surface area (Å²) in [5.74, 6) is 0. The second-order valence-electron chi connectivity index (χ2n) is 4.36. The van der Waals surface area contributed by atoms with Crippen molar-refractivity contribution in [2.75, 3.05) is 0 Å². The summed E-state index contributed by atoms with van der Waals surface area (Å²) in [6.07, 6.45) is 1.60. The SMILES string of the molecule is [O-]/[N+](=C/c1ccccc1)c1cccc2ccccc12. The van der Waals surface area contributed by atoms with Crippen LogP contribution in [0.25, 0.3) is 10.8 Å². The largest absolute Gasteiger partial charge is 0.618 e. The van der Waals surface area contributed by atoms with Crippen LogP contribution in [0.5, 0.6) is 0 Å². The van der Waals surface area contributed by atoms with Gasteiger partial charge < -0.3 is 5.21 Å². The van der Waals surface area contributed by atoms with E-state index < -0.39 is 0 Å². The maximum atomic E-state index is 12.3. The molecule has 0 heterocycles. The first-order valence-corrected chi connectivity index (χ1v) is 6.19. The van der Waals surface area contributed by atoms with Crippen LogP contribution in [0.2, 0.25) is 0 Å². The van der Waals surface area contributed by atoms with Crippen LogP contribution in [0.1, 0.15) is 5.56 Å². The standard InChI is InChI=1S/C17H13NO/c19-18(13-14-7-2-1-3-8-14)17-12-6-10-15-9-4-5-11-16(15)17/h1-13H/b18-13+. The Morgan fingerprint density at radius 3 is 2.26 bits per heavy atom. The van der Waals surface area contributed by atoms with Gasteiger partial charge in [-0.15, -0.1) is 0 Å². The highest BCUT2D eigenvalue weighted by atomic mass is 16.5. The summed E-state index contributed by atoms with van der Waals surface area (Å²) in [6.45, 7) is 0. The molecule has 3 aromatic carbocycles. The molecule has 0 aliphatic heterocycles. The Hall–Kier alpha value is -2.61. The third-order valence-electron chi connectivity index (χ3n) is 3.07. The lowest BCUT2D eigenvalue weighted by atomic mass is 10.1. The molecule has 3 rings (SSSR count). The van der Waals surface area contributed by atoms with Crippen molar-refractivity contribution < 1.29 is 4.74 Å². The summed E-state index contributed by atoms with van der Waals surface area (Å²) in [5.41, 5.74) is 1.56. The lowest BCUT2D eigenvalue weighted by Gasteiger charge is -2.06. The summed E-state index contributed by atoms with van der Waals surface area (Å²) in [4.78, 5) is 0. The molecule has 0 amide bonds. The van der Waals surface area contributed by atoms with Crippen LogP contribution in [0, 0.1) is 5.21 Å². The quantitative estimate of drug-likeness (QED) is 0.290. The van der Waals surface area contributed by atoms with E-state index in [0.717, 1.165) is 21.1 Å². The van der Waals surface area contributed by atoms with Crippen LogP contribution in [0.3, 0.4) is 0 Å². The highest BCUT2D eigenvalue weighted by Crippen LogP contribution is 2.24. The topological polar surface area (TPSA) is 26.1 Å². The molecule has 0 radical (unpaired) electrons. The van der Waals surface area contributed by atoms with E-state index >= 15 is 0 Å². The van der Waals surface area contributed by atoms with Gasteiger partial charge >= 0.3 is 0 Å². The van der Waals surface area contributed by atoms with E-state index in [1.807, 2.05) is 72.8 Å². The second-order valence-corrected chi connectivity index (χ2v) is 4.36. The van der Waals surface area contributed by atoms with Crippen LogP contribution in [0.15, 0.2) is 72.8 Å². The minimum Gasteiger partial charge on any atom is -0.618 e. The molecule has 2 heteroatoms. The monoisotopic (exact) mass is 247 g/mol. The van der Waals surface area contributed by atoms with E-state index in [1.54, 1.807) is 6.21 Å². The molecule has 0 aromatic heterocycles. The number of benzene rings is 3. The fourth-order valence-electron chi connectivity index (χ4n) is 2.14. The van der Waals surface area contributed by atoms with E-state index in [1.165, 1.54) is 0 Å². The predicted octanol–water partition coefficient (Wildman–Crippen LogP) is 4.10. The van der Waals surface area contributed by atoms with Gasteiger partial charge in [-0.25, -0.2) is 0 Å². The Morgan fingerprint density at radius 2 is 1.42 bits per heavy atom. The summed E-state index contributed by atoms with van der Waals surface area (Å²) in [7, 11) is 0. The Bertz CT molecular complexity index is 727. The molecule has 0 aliphatic carbocycles. The molecule has 0 saturated heterocycles. The molecular weight excluding hydrogens is 234 g/mol. The number of rotatable bonds is 2. The maximum absolute atomic E-state index is 12.3. The van der Waals surface area contributed by atoms with Gasteiger partial charge in [-0.05, 0) is 23.6 Å². The number of hydrogen-bond acceptors (Lipinski definition) is 1. The number of hydrogen-bond donors (Lipinski definition) is 0. The van der Waals surface area contributed by atoms with Crippen LogP contribution >= 0.6 is 0 Å². The zero-order valence-corrected chi connectivity index (χ0v) is 10.4. The molecule has 0 aliphatic rings. The molecule has 0 spiro atoms. The molecule has 2 nitrogen and oxygen atoms in total. The summed E-state index contributed by atoms with van der Waals surface area (Å²) < 4.78 is 0.928.